The fourth-order valence-electron chi connectivity index (χ4n) is 6.03. The van der Waals surface area contributed by atoms with Crippen LogP contribution in [0.4, 0.5) is 0 Å². The van der Waals surface area contributed by atoms with Crippen molar-refractivity contribution in [2.45, 2.75) is 205 Å². The van der Waals surface area contributed by atoms with E-state index in [1.54, 1.807) is 0 Å². The van der Waals surface area contributed by atoms with Gasteiger partial charge < -0.3 is 24.1 Å². The number of ether oxygens (including phenoxy) is 4. The number of epoxide rings is 2. The summed E-state index contributed by atoms with van der Waals surface area (Å²) in [6, 6.07) is 0. The molecule has 0 aromatic rings. The number of aliphatic hydroxyl groups excluding tert-OH is 1. The average Bonchev–Trinajstić information content (AvgIpc) is 3.97. The van der Waals surface area contributed by atoms with Gasteiger partial charge in [0.15, 0.2) is 0 Å². The van der Waals surface area contributed by atoms with Crippen molar-refractivity contribution >= 4 is 11.9 Å². The Kier molecular flexibility index (Phi) is 25.8. The molecule has 7 nitrogen and oxygen atoms in total. The van der Waals surface area contributed by atoms with Gasteiger partial charge in [-0.05, 0) is 51.4 Å². The van der Waals surface area contributed by atoms with E-state index in [2.05, 4.69) is 0 Å². The van der Waals surface area contributed by atoms with Crippen LogP contribution in [0.25, 0.3) is 0 Å². The number of hydrogen-bond donors (Lipinski definition) is 1. The van der Waals surface area contributed by atoms with Crippen LogP contribution in [-0.2, 0) is 28.5 Å². The Morgan fingerprint density at radius 2 is 0.800 bits per heavy atom. The molecule has 2 aliphatic heterocycles. The zero-order valence-corrected chi connectivity index (χ0v) is 29.0. The molecular weight excluding hydrogens is 568 g/mol. The number of carbonyl (C=O) groups excluding carboxylic acids is 2. The van der Waals surface area contributed by atoms with Crippen molar-refractivity contribution in [3.05, 3.63) is 0 Å². The number of rotatable bonds is 35. The molecule has 3 atom stereocenters. The number of carbonyl (C=O) groups is 2. The highest BCUT2D eigenvalue weighted by molar-refractivity contribution is 5.69. The van der Waals surface area contributed by atoms with Crippen molar-refractivity contribution in [2.75, 3.05) is 26.4 Å². The highest BCUT2D eigenvalue weighted by Gasteiger charge is 2.21. The van der Waals surface area contributed by atoms with E-state index in [1.807, 2.05) is 0 Å². The lowest BCUT2D eigenvalue weighted by atomic mass is 10.0. The third-order valence-corrected chi connectivity index (χ3v) is 9.26. The summed E-state index contributed by atoms with van der Waals surface area (Å²) in [6.07, 6.45) is 32.5. The van der Waals surface area contributed by atoms with E-state index in [4.69, 9.17) is 18.9 Å². The Hall–Kier alpha value is -1.18. The predicted octanol–water partition coefficient (Wildman–Crippen LogP) is 9.54. The summed E-state index contributed by atoms with van der Waals surface area (Å²) in [6.45, 7) is 3.09. The molecule has 0 aromatic heterocycles. The molecule has 264 valence electrons. The molecule has 0 spiro atoms. The Morgan fingerprint density at radius 3 is 1.18 bits per heavy atom. The van der Waals surface area contributed by atoms with Crippen LogP contribution in [0.5, 0.6) is 0 Å². The molecule has 45 heavy (non-hydrogen) atoms. The molecular formula is C38H70O7. The second kappa shape index (κ2) is 29.0. The van der Waals surface area contributed by atoms with Gasteiger partial charge in [-0.3, -0.25) is 9.59 Å². The summed E-state index contributed by atoms with van der Waals surface area (Å²) >= 11 is 0. The van der Waals surface area contributed by atoms with Crippen LogP contribution in [0, 0.1) is 0 Å². The van der Waals surface area contributed by atoms with E-state index >= 15 is 0 Å². The lowest BCUT2D eigenvalue weighted by Gasteiger charge is -2.10. The van der Waals surface area contributed by atoms with E-state index in [1.165, 1.54) is 70.6 Å². The maximum Gasteiger partial charge on any atom is 0.305 e. The first-order valence-corrected chi connectivity index (χ1v) is 19.4. The Labute approximate surface area is 276 Å². The Morgan fingerprint density at radius 1 is 0.489 bits per heavy atom. The van der Waals surface area contributed by atoms with Gasteiger partial charge in [-0.2, -0.15) is 0 Å². The minimum absolute atomic E-state index is 0.0390. The average molecular weight is 639 g/mol. The minimum atomic E-state index is -0.186. The zero-order chi connectivity index (χ0) is 32.0. The molecule has 3 unspecified atom stereocenters. The van der Waals surface area contributed by atoms with Gasteiger partial charge in [0, 0.05) is 12.8 Å². The SMILES string of the molecule is O=C(CCCCCCCCC(O)CCCCCCCC(=O)OCCCCCCCCC1CO1)OCCCCCCCCC1CO1. The van der Waals surface area contributed by atoms with Gasteiger partial charge >= 0.3 is 11.9 Å². The summed E-state index contributed by atoms with van der Waals surface area (Å²) in [5.74, 6) is -0.0850. The van der Waals surface area contributed by atoms with Crippen molar-refractivity contribution in [1.82, 2.24) is 0 Å². The Bertz CT molecular complexity index is 692. The van der Waals surface area contributed by atoms with Gasteiger partial charge in [-0.15, -0.1) is 0 Å². The fraction of sp³-hybridized carbons (Fsp3) is 0.947. The third-order valence-electron chi connectivity index (χ3n) is 9.26. The third kappa shape index (κ3) is 28.7. The van der Waals surface area contributed by atoms with Crippen molar-refractivity contribution in [3.63, 3.8) is 0 Å². The summed E-state index contributed by atoms with van der Waals surface area (Å²) in [5.41, 5.74) is 0. The molecule has 0 aromatic carbocycles. The zero-order valence-electron chi connectivity index (χ0n) is 29.0. The molecule has 0 bridgehead atoms. The first-order chi connectivity index (χ1) is 22.1. The summed E-state index contributed by atoms with van der Waals surface area (Å²) in [7, 11) is 0. The molecule has 0 aliphatic carbocycles. The van der Waals surface area contributed by atoms with Crippen LogP contribution in [-0.4, -0.2) is 61.8 Å². The summed E-state index contributed by atoms with van der Waals surface area (Å²) in [5, 5.41) is 10.3. The van der Waals surface area contributed by atoms with Crippen LogP contribution in [0.2, 0.25) is 0 Å². The van der Waals surface area contributed by atoms with Gasteiger partial charge in [0.2, 0.25) is 0 Å². The molecule has 2 heterocycles. The van der Waals surface area contributed by atoms with Crippen LogP contribution >= 0.6 is 0 Å². The first kappa shape index (κ1) is 40.0. The standard InChI is InChI=1S/C38H70O7/c39-34(25-17-9-7-13-21-29-38(41)43-31-23-15-6-4-11-19-27-36-33-45-36)24-16-8-1-2-12-20-28-37(40)42-30-22-14-5-3-10-18-26-35-32-44-35/h34-36,39H,1-33H2. The molecule has 2 aliphatic rings. The number of aliphatic hydroxyl groups is 1. The van der Waals surface area contributed by atoms with Gasteiger partial charge in [-0.1, -0.05) is 122 Å². The lowest BCUT2D eigenvalue weighted by molar-refractivity contribution is -0.144. The van der Waals surface area contributed by atoms with Crippen molar-refractivity contribution in [2.24, 2.45) is 0 Å². The van der Waals surface area contributed by atoms with Gasteiger partial charge in [0.05, 0.1) is 44.7 Å². The molecule has 0 amide bonds. The van der Waals surface area contributed by atoms with E-state index in [0.717, 1.165) is 116 Å². The number of esters is 2. The number of hydrogen-bond acceptors (Lipinski definition) is 7. The van der Waals surface area contributed by atoms with Crippen molar-refractivity contribution in [3.8, 4) is 0 Å². The van der Waals surface area contributed by atoms with Crippen LogP contribution < -0.4 is 0 Å². The molecule has 2 saturated heterocycles. The maximum atomic E-state index is 11.9. The molecule has 0 radical (unpaired) electrons. The quantitative estimate of drug-likeness (QED) is 0.0419. The molecule has 0 saturated carbocycles. The van der Waals surface area contributed by atoms with Crippen LogP contribution in [0.1, 0.15) is 186 Å². The predicted molar refractivity (Wildman–Crippen MR) is 181 cm³/mol. The molecule has 2 rings (SSSR count). The molecule has 2 fully saturated rings. The highest BCUT2D eigenvalue weighted by atomic mass is 16.6. The fourth-order valence-corrected chi connectivity index (χ4v) is 6.03. The molecule has 7 heteroatoms. The summed E-state index contributed by atoms with van der Waals surface area (Å²) < 4.78 is 21.2. The lowest BCUT2D eigenvalue weighted by Crippen LogP contribution is -2.06. The molecule has 1 N–H and O–H groups in total. The van der Waals surface area contributed by atoms with Crippen molar-refractivity contribution < 1.29 is 33.6 Å². The largest absolute Gasteiger partial charge is 0.466 e. The van der Waals surface area contributed by atoms with E-state index in [-0.39, 0.29) is 18.0 Å². The van der Waals surface area contributed by atoms with E-state index in [0.29, 0.717) is 38.3 Å². The minimum Gasteiger partial charge on any atom is -0.466 e. The second-order valence-corrected chi connectivity index (χ2v) is 13.8. The topological polar surface area (TPSA) is 97.9 Å². The highest BCUT2D eigenvalue weighted by Crippen LogP contribution is 2.19. The van der Waals surface area contributed by atoms with E-state index < -0.39 is 0 Å². The normalized spacial score (nSPS) is 17.7. The smallest absolute Gasteiger partial charge is 0.305 e. The van der Waals surface area contributed by atoms with Gasteiger partial charge in [-0.25, -0.2) is 0 Å². The van der Waals surface area contributed by atoms with Gasteiger partial charge in [0.25, 0.3) is 0 Å². The maximum absolute atomic E-state index is 11.9. The first-order valence-electron chi connectivity index (χ1n) is 19.4. The van der Waals surface area contributed by atoms with Crippen molar-refractivity contribution in [1.29, 1.82) is 0 Å². The second-order valence-electron chi connectivity index (χ2n) is 13.8. The van der Waals surface area contributed by atoms with Crippen LogP contribution in [0.15, 0.2) is 0 Å². The summed E-state index contributed by atoms with van der Waals surface area (Å²) in [4.78, 5) is 23.8. The number of unbranched alkanes of at least 4 members (excludes halogenated alkanes) is 19. The van der Waals surface area contributed by atoms with Crippen LogP contribution in [0.3, 0.4) is 0 Å². The Balaban J connectivity index is 1.20. The monoisotopic (exact) mass is 639 g/mol. The van der Waals surface area contributed by atoms with E-state index in [9.17, 15) is 14.7 Å². The van der Waals surface area contributed by atoms with Gasteiger partial charge in [0.1, 0.15) is 0 Å².